The Labute approximate surface area is 124 Å². The molecule has 0 aliphatic heterocycles. The van der Waals surface area contributed by atoms with Gasteiger partial charge in [0.05, 0.1) is 11.1 Å². The van der Waals surface area contributed by atoms with Crippen molar-refractivity contribution < 1.29 is 14.3 Å². The summed E-state index contributed by atoms with van der Waals surface area (Å²) in [6, 6.07) is -0.327. The molecule has 0 aromatic rings. The lowest BCUT2D eigenvalue weighted by molar-refractivity contribution is -0.115. The molecule has 0 aromatic heterocycles. The molecule has 1 atom stereocenters. The van der Waals surface area contributed by atoms with Gasteiger partial charge in [-0.3, -0.25) is 4.79 Å². The lowest BCUT2D eigenvalue weighted by atomic mass is 10.2. The van der Waals surface area contributed by atoms with Gasteiger partial charge in [-0.05, 0) is 33.8 Å². The predicted molar refractivity (Wildman–Crippen MR) is 83.0 cm³/mol. The number of thioether (sulfide) groups is 1. The number of carbonyl (C=O) groups excluding carboxylic acids is 2. The summed E-state index contributed by atoms with van der Waals surface area (Å²) >= 11 is 1.17. The first-order valence-corrected chi connectivity index (χ1v) is 6.85. The normalized spacial score (nSPS) is 12.0. The fourth-order valence-electron chi connectivity index (χ4n) is 1.03. The predicted octanol–water partition coefficient (Wildman–Crippen LogP) is 2.92. The molecule has 0 heterocycles. The smallest absolute Gasteiger partial charge is 0.408 e. The minimum absolute atomic E-state index is 0.327. The van der Waals surface area contributed by atoms with Gasteiger partial charge < -0.3 is 15.4 Å². The fourth-order valence-corrected chi connectivity index (χ4v) is 1.73. The maximum atomic E-state index is 11.6. The zero-order valence-corrected chi connectivity index (χ0v) is 13.2. The molecule has 0 saturated heterocycles. The van der Waals surface area contributed by atoms with Crippen LogP contribution < -0.4 is 10.6 Å². The van der Waals surface area contributed by atoms with Gasteiger partial charge in [-0.2, -0.15) is 0 Å². The Morgan fingerprint density at radius 2 is 1.85 bits per heavy atom. The van der Waals surface area contributed by atoms with Gasteiger partial charge in [-0.15, -0.1) is 0 Å². The largest absolute Gasteiger partial charge is 0.444 e. The van der Waals surface area contributed by atoms with Crippen LogP contribution in [0.2, 0.25) is 0 Å². The molecule has 5 nitrogen and oxygen atoms in total. The van der Waals surface area contributed by atoms with Crippen LogP contribution in [0.25, 0.3) is 0 Å². The second-order valence-corrected chi connectivity index (χ2v) is 6.27. The Hall–Kier alpha value is -1.69. The lowest BCUT2D eigenvalue weighted by Crippen LogP contribution is -2.38. The Morgan fingerprint density at radius 1 is 1.30 bits per heavy atom. The molecular weight excluding hydrogens is 276 g/mol. The molecule has 0 saturated carbocycles. The highest BCUT2D eigenvalue weighted by Crippen LogP contribution is 2.23. The highest BCUT2D eigenvalue weighted by Gasteiger charge is 2.19. The number of hydrogen-bond donors (Lipinski definition) is 2. The van der Waals surface area contributed by atoms with Gasteiger partial charge in [-0.25, -0.2) is 4.79 Å². The Bertz CT molecular complexity index is 425. The monoisotopic (exact) mass is 298 g/mol. The molecule has 2 N–H and O–H groups in total. The summed E-state index contributed by atoms with van der Waals surface area (Å²) in [5, 5.41) is 5.58. The zero-order valence-electron chi connectivity index (χ0n) is 12.4. The van der Waals surface area contributed by atoms with E-state index in [0.29, 0.717) is 9.93 Å². The van der Waals surface area contributed by atoms with Crippen molar-refractivity contribution in [2.24, 2.45) is 0 Å². The molecule has 2 amide bonds. The van der Waals surface area contributed by atoms with Crippen LogP contribution in [0.3, 0.4) is 0 Å². The second kappa shape index (κ2) is 7.79. The molecule has 0 aliphatic rings. The van der Waals surface area contributed by atoms with E-state index in [0.717, 1.165) is 6.08 Å². The SMILES string of the molecule is C=CC(=O)NC(=C)SC(=C)C(C)NC(=O)OC(C)(C)C. The molecule has 20 heavy (non-hydrogen) atoms. The second-order valence-electron chi connectivity index (χ2n) is 5.05. The molecule has 0 bridgehead atoms. The highest BCUT2D eigenvalue weighted by atomic mass is 32.2. The van der Waals surface area contributed by atoms with E-state index in [1.807, 2.05) is 0 Å². The fraction of sp³-hybridized carbons (Fsp3) is 0.429. The first kappa shape index (κ1) is 18.3. The number of alkyl carbamates (subject to hydrolysis) is 1. The molecular formula is C14H22N2O3S. The van der Waals surface area contributed by atoms with Crippen LogP contribution in [0.1, 0.15) is 27.7 Å². The van der Waals surface area contributed by atoms with Crippen molar-refractivity contribution in [3.8, 4) is 0 Å². The van der Waals surface area contributed by atoms with Crippen molar-refractivity contribution in [2.75, 3.05) is 0 Å². The molecule has 1 unspecified atom stereocenters. The summed E-state index contributed by atoms with van der Waals surface area (Å²) < 4.78 is 5.14. The number of amides is 2. The number of rotatable bonds is 6. The molecule has 0 rings (SSSR count). The molecule has 0 aliphatic carbocycles. The molecule has 6 heteroatoms. The highest BCUT2D eigenvalue weighted by molar-refractivity contribution is 8.06. The molecule has 0 radical (unpaired) electrons. The van der Waals surface area contributed by atoms with Crippen LogP contribution in [0.15, 0.2) is 35.7 Å². The van der Waals surface area contributed by atoms with Gasteiger partial charge in [0, 0.05) is 4.91 Å². The van der Waals surface area contributed by atoms with E-state index in [1.165, 1.54) is 11.8 Å². The first-order valence-electron chi connectivity index (χ1n) is 6.03. The Morgan fingerprint density at radius 3 is 2.30 bits per heavy atom. The average Bonchev–Trinajstić information content (AvgIpc) is 2.25. The van der Waals surface area contributed by atoms with E-state index in [-0.39, 0.29) is 11.9 Å². The van der Waals surface area contributed by atoms with E-state index in [1.54, 1.807) is 27.7 Å². The Balaban J connectivity index is 4.28. The van der Waals surface area contributed by atoms with Crippen LogP contribution in [-0.2, 0) is 9.53 Å². The third-order valence-electron chi connectivity index (χ3n) is 1.92. The van der Waals surface area contributed by atoms with Gasteiger partial charge in [0.2, 0.25) is 5.91 Å². The van der Waals surface area contributed by atoms with Gasteiger partial charge in [-0.1, -0.05) is 31.5 Å². The standard InChI is InChI=1S/C14H22N2O3S/c1-8-12(17)16-11(4)20-10(3)9(2)15-13(18)19-14(5,6)7/h8-9H,1,3-4H2,2,5-7H3,(H,15,18)(H,16,17). The quantitative estimate of drug-likeness (QED) is 0.740. The Kier molecular flexibility index (Phi) is 7.13. The van der Waals surface area contributed by atoms with E-state index < -0.39 is 11.7 Å². The number of carbonyl (C=O) groups is 2. The lowest BCUT2D eigenvalue weighted by Gasteiger charge is -2.22. The molecule has 0 fully saturated rings. The molecule has 112 valence electrons. The van der Waals surface area contributed by atoms with Crippen molar-refractivity contribution in [2.45, 2.75) is 39.3 Å². The van der Waals surface area contributed by atoms with Gasteiger partial charge in [0.1, 0.15) is 5.60 Å². The summed E-state index contributed by atoms with van der Waals surface area (Å²) in [6.45, 7) is 18.0. The van der Waals surface area contributed by atoms with Crippen molar-refractivity contribution in [1.82, 2.24) is 10.6 Å². The van der Waals surface area contributed by atoms with Crippen molar-refractivity contribution in [3.05, 3.63) is 35.7 Å². The first-order chi connectivity index (χ1) is 9.05. The molecule has 0 spiro atoms. The van der Waals surface area contributed by atoms with Crippen molar-refractivity contribution in [1.29, 1.82) is 0 Å². The van der Waals surface area contributed by atoms with E-state index in [4.69, 9.17) is 4.74 Å². The third kappa shape index (κ3) is 8.42. The van der Waals surface area contributed by atoms with Crippen molar-refractivity contribution in [3.63, 3.8) is 0 Å². The van der Waals surface area contributed by atoms with Crippen LogP contribution in [0, 0.1) is 0 Å². The van der Waals surface area contributed by atoms with Crippen LogP contribution >= 0.6 is 11.8 Å². The summed E-state index contributed by atoms with van der Waals surface area (Å²) in [5.74, 6) is -0.344. The minimum atomic E-state index is -0.556. The van der Waals surface area contributed by atoms with E-state index >= 15 is 0 Å². The molecule has 0 aromatic carbocycles. The maximum Gasteiger partial charge on any atom is 0.408 e. The van der Waals surface area contributed by atoms with Crippen molar-refractivity contribution >= 4 is 23.8 Å². The van der Waals surface area contributed by atoms with Crippen LogP contribution in [0.4, 0.5) is 4.79 Å². The topological polar surface area (TPSA) is 67.4 Å². The van der Waals surface area contributed by atoms with Crippen LogP contribution in [0.5, 0.6) is 0 Å². The summed E-state index contributed by atoms with van der Waals surface area (Å²) in [5.41, 5.74) is -0.556. The average molecular weight is 298 g/mol. The maximum absolute atomic E-state index is 11.6. The zero-order chi connectivity index (χ0) is 15.9. The van der Waals surface area contributed by atoms with Gasteiger partial charge >= 0.3 is 6.09 Å². The van der Waals surface area contributed by atoms with E-state index in [2.05, 4.69) is 30.4 Å². The summed E-state index contributed by atoms with van der Waals surface area (Å²) in [6.07, 6.45) is 0.629. The van der Waals surface area contributed by atoms with Gasteiger partial charge in [0.25, 0.3) is 0 Å². The van der Waals surface area contributed by atoms with Gasteiger partial charge in [0.15, 0.2) is 0 Å². The number of ether oxygens (including phenoxy) is 1. The summed E-state index contributed by atoms with van der Waals surface area (Å²) in [4.78, 5) is 23.3. The minimum Gasteiger partial charge on any atom is -0.444 e. The van der Waals surface area contributed by atoms with E-state index in [9.17, 15) is 9.59 Å². The third-order valence-corrected chi connectivity index (χ3v) is 2.88. The number of hydrogen-bond acceptors (Lipinski definition) is 4. The van der Waals surface area contributed by atoms with Crippen LogP contribution in [-0.4, -0.2) is 23.6 Å². The summed E-state index contributed by atoms with van der Waals surface area (Å²) in [7, 11) is 0. The number of nitrogens with one attached hydrogen (secondary N) is 2.